The molecule has 0 aliphatic heterocycles. The van der Waals surface area contributed by atoms with Gasteiger partial charge in [0.25, 0.3) is 0 Å². The first-order chi connectivity index (χ1) is 9.87. The van der Waals surface area contributed by atoms with Crippen LogP contribution in [0, 0.1) is 0 Å². The van der Waals surface area contributed by atoms with Crippen molar-refractivity contribution in [2.45, 2.75) is 25.7 Å². The van der Waals surface area contributed by atoms with E-state index >= 15 is 0 Å². The van der Waals surface area contributed by atoms with Crippen LogP contribution in [-0.2, 0) is 4.74 Å². The fourth-order valence-corrected chi connectivity index (χ4v) is 2.41. The zero-order valence-electron chi connectivity index (χ0n) is 13.6. The van der Waals surface area contributed by atoms with Crippen LogP contribution in [0.1, 0.15) is 5.56 Å². The summed E-state index contributed by atoms with van der Waals surface area (Å²) in [4.78, 5) is 4.24. The molecule has 0 unspecified atom stereocenters. The van der Waals surface area contributed by atoms with Crippen LogP contribution in [0.15, 0.2) is 17.1 Å². The van der Waals surface area contributed by atoms with Crippen molar-refractivity contribution in [2.75, 3.05) is 33.3 Å². The molecule has 0 amide bonds. The summed E-state index contributed by atoms with van der Waals surface area (Å²) in [6.45, 7) is 8.07. The smallest absolute Gasteiger partial charge is 0.162 e. The molecule has 0 spiro atoms. The van der Waals surface area contributed by atoms with E-state index in [4.69, 9.17) is 19.9 Å². The molecule has 118 valence electrons. The van der Waals surface area contributed by atoms with E-state index in [1.807, 2.05) is 0 Å². The van der Waals surface area contributed by atoms with Crippen molar-refractivity contribution in [3.8, 4) is 11.5 Å². The molecule has 1 rings (SSSR count). The lowest BCUT2D eigenvalue weighted by molar-refractivity contribution is 0.156. The molecule has 2 N–H and O–H groups in total. The number of ether oxygens (including phenoxy) is 3. The Morgan fingerprint density at radius 3 is 2.33 bits per heavy atom. The number of nitrogens with zero attached hydrogens (tertiary/aromatic N) is 1. The maximum absolute atomic E-state index is 5.96. The quantitative estimate of drug-likeness (QED) is 0.347. The van der Waals surface area contributed by atoms with Crippen molar-refractivity contribution in [1.29, 1.82) is 0 Å². The minimum atomic E-state index is -1.04. The SMILES string of the molecule is COc1cc(N)c(C=NCOCC[Si](C)(C)C)cc1OC. The van der Waals surface area contributed by atoms with Gasteiger partial charge in [-0.1, -0.05) is 19.6 Å². The fourth-order valence-electron chi connectivity index (χ4n) is 1.65. The van der Waals surface area contributed by atoms with E-state index in [-0.39, 0.29) is 0 Å². The number of hydrogen-bond donors (Lipinski definition) is 1. The molecule has 0 fully saturated rings. The molecular weight excluding hydrogens is 284 g/mol. The van der Waals surface area contributed by atoms with E-state index in [9.17, 15) is 0 Å². The Labute approximate surface area is 128 Å². The van der Waals surface area contributed by atoms with Gasteiger partial charge in [0.2, 0.25) is 0 Å². The van der Waals surface area contributed by atoms with E-state index in [1.165, 1.54) is 0 Å². The van der Waals surface area contributed by atoms with Crippen molar-refractivity contribution in [3.05, 3.63) is 17.7 Å². The molecule has 0 saturated heterocycles. The molecular formula is C15H26N2O3Si. The second-order valence-electron chi connectivity index (χ2n) is 6.00. The van der Waals surface area contributed by atoms with E-state index in [1.54, 1.807) is 32.6 Å². The third-order valence-electron chi connectivity index (χ3n) is 2.98. The van der Waals surface area contributed by atoms with E-state index in [2.05, 4.69) is 24.6 Å². The van der Waals surface area contributed by atoms with Gasteiger partial charge in [0.05, 0.1) is 14.2 Å². The number of anilines is 1. The van der Waals surface area contributed by atoms with Crippen LogP contribution in [0.25, 0.3) is 0 Å². The van der Waals surface area contributed by atoms with Gasteiger partial charge >= 0.3 is 0 Å². The van der Waals surface area contributed by atoms with Gasteiger partial charge in [-0.25, -0.2) is 0 Å². The molecule has 1 aromatic rings. The molecule has 0 aliphatic rings. The van der Waals surface area contributed by atoms with Crippen LogP contribution in [0.3, 0.4) is 0 Å². The molecule has 1 aromatic carbocycles. The van der Waals surface area contributed by atoms with Crippen molar-refractivity contribution in [1.82, 2.24) is 0 Å². The van der Waals surface area contributed by atoms with Crippen LogP contribution < -0.4 is 15.2 Å². The Morgan fingerprint density at radius 1 is 1.14 bits per heavy atom. The summed E-state index contributed by atoms with van der Waals surface area (Å²) in [5, 5.41) is 0. The molecule has 0 heterocycles. The van der Waals surface area contributed by atoms with Gasteiger partial charge in [-0.15, -0.1) is 0 Å². The van der Waals surface area contributed by atoms with Crippen LogP contribution in [0.5, 0.6) is 11.5 Å². The lowest BCUT2D eigenvalue weighted by atomic mass is 10.1. The maximum atomic E-state index is 5.96. The lowest BCUT2D eigenvalue weighted by Gasteiger charge is -2.14. The van der Waals surface area contributed by atoms with Gasteiger partial charge in [0.1, 0.15) is 6.73 Å². The third-order valence-corrected chi connectivity index (χ3v) is 4.69. The normalized spacial score (nSPS) is 11.9. The van der Waals surface area contributed by atoms with Gasteiger partial charge in [-0.3, -0.25) is 4.99 Å². The van der Waals surface area contributed by atoms with Crippen LogP contribution >= 0.6 is 0 Å². The summed E-state index contributed by atoms with van der Waals surface area (Å²) >= 11 is 0. The second-order valence-corrected chi connectivity index (χ2v) is 11.6. The van der Waals surface area contributed by atoms with Crippen LogP contribution in [0.2, 0.25) is 25.7 Å². The van der Waals surface area contributed by atoms with E-state index in [0.717, 1.165) is 18.2 Å². The molecule has 0 aliphatic carbocycles. The van der Waals surface area contributed by atoms with Gasteiger partial charge in [-0.05, 0) is 12.1 Å². The first kappa shape index (κ1) is 17.5. The molecule has 5 nitrogen and oxygen atoms in total. The highest BCUT2D eigenvalue weighted by Crippen LogP contribution is 2.31. The topological polar surface area (TPSA) is 66.1 Å². The summed E-state index contributed by atoms with van der Waals surface area (Å²) in [6.07, 6.45) is 1.70. The second kappa shape index (κ2) is 8.04. The first-order valence-corrected chi connectivity index (χ1v) is 10.7. The fraction of sp³-hybridized carbons (Fsp3) is 0.533. The standard InChI is InChI=1S/C15H26N2O3Si/c1-18-14-8-12(13(16)9-15(14)19-2)10-17-11-20-6-7-21(3,4)5/h8-10H,6-7,11,16H2,1-5H3. The molecule has 0 atom stereocenters. The number of aliphatic imine (C=N–C) groups is 1. The van der Waals surface area contributed by atoms with Crippen molar-refractivity contribution in [3.63, 3.8) is 0 Å². The maximum Gasteiger partial charge on any atom is 0.162 e. The Kier molecular flexibility index (Phi) is 6.71. The van der Waals surface area contributed by atoms with Gasteiger partial charge < -0.3 is 19.9 Å². The Balaban J connectivity index is 2.56. The highest BCUT2D eigenvalue weighted by Gasteiger charge is 2.11. The molecule has 6 heteroatoms. The number of methoxy groups -OCH3 is 2. The van der Waals surface area contributed by atoms with E-state index < -0.39 is 8.07 Å². The summed E-state index contributed by atoms with van der Waals surface area (Å²) in [5.74, 6) is 1.24. The van der Waals surface area contributed by atoms with Crippen LogP contribution in [0.4, 0.5) is 5.69 Å². The largest absolute Gasteiger partial charge is 0.493 e. The first-order valence-electron chi connectivity index (χ1n) is 6.96. The summed E-state index contributed by atoms with van der Waals surface area (Å²) < 4.78 is 15.9. The minimum Gasteiger partial charge on any atom is -0.493 e. The van der Waals surface area contributed by atoms with Gasteiger partial charge in [-0.2, -0.15) is 0 Å². The zero-order chi connectivity index (χ0) is 15.9. The zero-order valence-corrected chi connectivity index (χ0v) is 14.6. The molecule has 0 saturated carbocycles. The Bertz CT molecular complexity index is 485. The van der Waals surface area contributed by atoms with Crippen molar-refractivity contribution >= 4 is 20.0 Å². The monoisotopic (exact) mass is 310 g/mol. The number of nitrogens with two attached hydrogens (primary N) is 1. The number of rotatable bonds is 8. The summed E-state index contributed by atoms with van der Waals surface area (Å²) in [7, 11) is 2.13. The van der Waals surface area contributed by atoms with Gasteiger partial charge in [0, 0.05) is 38.2 Å². The minimum absolute atomic E-state index is 0.346. The van der Waals surface area contributed by atoms with Crippen molar-refractivity contribution in [2.24, 2.45) is 4.99 Å². The third kappa shape index (κ3) is 6.18. The van der Waals surface area contributed by atoms with Gasteiger partial charge in [0.15, 0.2) is 11.5 Å². The number of nitrogen functional groups attached to an aromatic ring is 1. The highest BCUT2D eigenvalue weighted by atomic mass is 28.3. The number of benzene rings is 1. The molecule has 0 radical (unpaired) electrons. The Hall–Kier alpha value is -1.53. The molecule has 0 bridgehead atoms. The van der Waals surface area contributed by atoms with Crippen molar-refractivity contribution < 1.29 is 14.2 Å². The summed E-state index contributed by atoms with van der Waals surface area (Å²) in [6, 6.07) is 4.67. The Morgan fingerprint density at radius 2 is 1.76 bits per heavy atom. The molecule has 21 heavy (non-hydrogen) atoms. The highest BCUT2D eigenvalue weighted by molar-refractivity contribution is 6.76. The van der Waals surface area contributed by atoms with Crippen LogP contribution in [-0.4, -0.2) is 41.8 Å². The molecule has 0 aromatic heterocycles. The average Bonchev–Trinajstić information content (AvgIpc) is 2.42. The van der Waals surface area contributed by atoms with E-state index in [0.29, 0.717) is 23.9 Å². The predicted octanol–water partition coefficient (Wildman–Crippen LogP) is 3.02. The predicted molar refractivity (Wildman–Crippen MR) is 90.5 cm³/mol. The summed E-state index contributed by atoms with van der Waals surface area (Å²) in [5.41, 5.74) is 7.35. The number of hydrogen-bond acceptors (Lipinski definition) is 5. The lowest BCUT2D eigenvalue weighted by Crippen LogP contribution is -2.21. The average molecular weight is 310 g/mol.